The van der Waals surface area contributed by atoms with E-state index in [4.69, 9.17) is 9.59 Å². The summed E-state index contributed by atoms with van der Waals surface area (Å²) in [5.74, 6) is 0. The van der Waals surface area contributed by atoms with Gasteiger partial charge >= 0.3 is 6.15 Å². The van der Waals surface area contributed by atoms with E-state index in [1.807, 2.05) is 0 Å². The molecule has 0 radical (unpaired) electrons. The van der Waals surface area contributed by atoms with E-state index in [9.17, 15) is 0 Å². The summed E-state index contributed by atoms with van der Waals surface area (Å²) in [6.45, 7) is 0. The first-order valence-electron chi connectivity index (χ1n) is 0.408. The lowest BCUT2D eigenvalue weighted by Crippen LogP contribution is -1.22. The van der Waals surface area contributed by atoms with Gasteiger partial charge in [-0.15, -0.1) is 0 Å². The Bertz CT molecular complexity index is 29.8. The highest BCUT2D eigenvalue weighted by Crippen LogP contribution is 0.787. The maximum Gasteiger partial charge on any atom is 0.373 e. The van der Waals surface area contributed by atoms with Crippen LogP contribution in [0.4, 0.5) is 0 Å². The fraction of sp³-hybridized carbons (Fsp3) is 0.500. The number of hydrogen-bond donors (Lipinski definition) is 0. The average Bonchev–Trinajstić information content (AvgIpc) is 0.918. The summed E-state index contributed by atoms with van der Waals surface area (Å²) in [5, 5.41) is 0. The molecule has 0 amide bonds. The molecule has 0 atom stereocenters. The second kappa shape index (κ2) is 158. The van der Waals surface area contributed by atoms with E-state index in [1.54, 1.807) is 0 Å². The molecule has 3 heteroatoms. The molecule has 34 valence electrons. The number of carbonyl (C=O) groups excluding carboxylic acids is 2. The van der Waals surface area contributed by atoms with Crippen LogP contribution in [0.2, 0.25) is 0 Å². The van der Waals surface area contributed by atoms with E-state index in [0.717, 1.165) is 0 Å². The number of hydrogen-bond acceptors (Lipinski definition) is 2. The summed E-state index contributed by atoms with van der Waals surface area (Å²) in [6, 6.07) is 0. The molecule has 0 rings (SSSR count). The zero-order valence-corrected chi connectivity index (χ0v) is 1.82. The first-order valence-corrected chi connectivity index (χ1v) is 0.408. The van der Waals surface area contributed by atoms with Crippen LogP contribution >= 0.6 is 0 Å². The first kappa shape index (κ1) is 27.0. The summed E-state index contributed by atoms with van der Waals surface area (Å²) < 4.78 is 0. The summed E-state index contributed by atoms with van der Waals surface area (Å²) in [4.78, 5) is 16.2. The van der Waals surface area contributed by atoms with Gasteiger partial charge in [-0.1, -0.05) is 7.43 Å². The van der Waals surface area contributed by atoms with Crippen molar-refractivity contribution in [1.82, 2.24) is 0 Å². The molecule has 0 aromatic rings. The van der Waals surface area contributed by atoms with Gasteiger partial charge in [0.1, 0.15) is 0 Å². The zero-order valence-electron chi connectivity index (χ0n) is 1.82. The SMILES string of the molecule is C.O.O=C=O.[HH]. The lowest BCUT2D eigenvalue weighted by atomic mass is 11.8. The predicted molar refractivity (Wildman–Crippen MR) is 17.5 cm³/mol. The van der Waals surface area contributed by atoms with Crippen molar-refractivity contribution in [2.24, 2.45) is 0 Å². The molecule has 0 aromatic carbocycles. The van der Waals surface area contributed by atoms with E-state index in [0.29, 0.717) is 0 Å². The molecular formula is C2H8O3. The summed E-state index contributed by atoms with van der Waals surface area (Å²) in [7, 11) is 0. The van der Waals surface area contributed by atoms with Gasteiger partial charge in [0.25, 0.3) is 0 Å². The lowest BCUT2D eigenvalue weighted by molar-refractivity contribution is -0.191. The minimum Gasteiger partial charge on any atom is -0.412 e. The average molecular weight is 80.1 g/mol. The van der Waals surface area contributed by atoms with Crippen LogP contribution in [-0.4, -0.2) is 11.6 Å². The molecule has 3 nitrogen and oxygen atoms in total. The van der Waals surface area contributed by atoms with E-state index < -0.39 is 0 Å². The van der Waals surface area contributed by atoms with Crippen LogP contribution in [-0.2, 0) is 9.59 Å². The molecule has 0 heterocycles. The van der Waals surface area contributed by atoms with Crippen molar-refractivity contribution in [2.75, 3.05) is 0 Å². The van der Waals surface area contributed by atoms with Crippen molar-refractivity contribution in [3.8, 4) is 0 Å². The highest BCUT2D eigenvalue weighted by atomic mass is 16.2. The summed E-state index contributed by atoms with van der Waals surface area (Å²) in [6.07, 6.45) is 0.250. The van der Waals surface area contributed by atoms with Crippen LogP contribution in [0.5, 0.6) is 0 Å². The van der Waals surface area contributed by atoms with Gasteiger partial charge in [-0.05, 0) is 0 Å². The molecule has 0 aliphatic rings. The van der Waals surface area contributed by atoms with Gasteiger partial charge in [0.2, 0.25) is 0 Å². The van der Waals surface area contributed by atoms with Gasteiger partial charge in [0.05, 0.1) is 0 Å². The first-order chi connectivity index (χ1) is 1.41. The minimum absolute atomic E-state index is 0. The van der Waals surface area contributed by atoms with Crippen LogP contribution in [0.3, 0.4) is 0 Å². The normalized spacial score (nSPS) is 1.60. The smallest absolute Gasteiger partial charge is 0.373 e. The molecule has 5 heavy (non-hydrogen) atoms. The van der Waals surface area contributed by atoms with Gasteiger partial charge in [-0.3, -0.25) is 0 Å². The second-order valence-electron chi connectivity index (χ2n) is 0.0833. The van der Waals surface area contributed by atoms with E-state index >= 15 is 0 Å². The zero-order chi connectivity index (χ0) is 2.71. The van der Waals surface area contributed by atoms with Crippen molar-refractivity contribution >= 4 is 6.15 Å². The maximum absolute atomic E-state index is 8.12. The van der Waals surface area contributed by atoms with Crippen LogP contribution in [0, 0.1) is 0 Å². The fourth-order valence-corrected chi connectivity index (χ4v) is 0. The predicted octanol–water partition coefficient (Wildman–Crippen LogP) is -0.526. The Hall–Kier alpha value is -0.660. The molecule has 0 fully saturated rings. The van der Waals surface area contributed by atoms with Crippen LogP contribution in [0.1, 0.15) is 8.85 Å². The Labute approximate surface area is 31.4 Å². The Kier molecular flexibility index (Phi) is 853. The van der Waals surface area contributed by atoms with Crippen LogP contribution in [0.25, 0.3) is 0 Å². The van der Waals surface area contributed by atoms with Crippen molar-refractivity contribution < 1.29 is 16.5 Å². The Morgan fingerprint density at radius 1 is 1.40 bits per heavy atom. The van der Waals surface area contributed by atoms with Gasteiger partial charge < -0.3 is 5.48 Å². The molecule has 0 aliphatic carbocycles. The molecule has 0 spiro atoms. The molecule has 0 aliphatic heterocycles. The van der Waals surface area contributed by atoms with Crippen molar-refractivity contribution in [3.05, 3.63) is 0 Å². The monoisotopic (exact) mass is 80.0 g/mol. The molecular weight excluding hydrogens is 72.0 g/mol. The van der Waals surface area contributed by atoms with E-state index in [-0.39, 0.29) is 20.5 Å². The standard InChI is InChI=1S/CO2.CH4.H2O.H2/c2-1-3;;;/h;1H4;1H2;1H. The summed E-state index contributed by atoms with van der Waals surface area (Å²) >= 11 is 0. The second-order valence-corrected chi connectivity index (χ2v) is 0.0833. The summed E-state index contributed by atoms with van der Waals surface area (Å²) in [5.41, 5.74) is 0. The largest absolute Gasteiger partial charge is 0.412 e. The van der Waals surface area contributed by atoms with Crippen LogP contribution < -0.4 is 0 Å². The molecule has 0 saturated heterocycles. The van der Waals surface area contributed by atoms with Gasteiger partial charge in [0, 0.05) is 1.43 Å². The molecule has 0 saturated carbocycles. The highest BCUT2D eigenvalue weighted by molar-refractivity contribution is 5.20. The topological polar surface area (TPSA) is 65.6 Å². The van der Waals surface area contributed by atoms with Gasteiger partial charge in [-0.2, -0.15) is 9.59 Å². The fourth-order valence-electron chi connectivity index (χ4n) is 0. The van der Waals surface area contributed by atoms with Gasteiger partial charge in [-0.25, -0.2) is 0 Å². The molecule has 0 aromatic heterocycles. The Morgan fingerprint density at radius 2 is 1.40 bits per heavy atom. The third-order valence-electron chi connectivity index (χ3n) is 0. The Morgan fingerprint density at radius 3 is 1.40 bits per heavy atom. The Balaban J connectivity index is -0.00000000667. The highest BCUT2D eigenvalue weighted by Gasteiger charge is 1.13. The van der Waals surface area contributed by atoms with Crippen molar-refractivity contribution in [1.29, 1.82) is 0 Å². The third kappa shape index (κ3) is 13.8. The van der Waals surface area contributed by atoms with Crippen molar-refractivity contribution in [3.63, 3.8) is 0 Å². The van der Waals surface area contributed by atoms with Crippen molar-refractivity contribution in [2.45, 2.75) is 7.43 Å². The molecule has 0 bridgehead atoms. The van der Waals surface area contributed by atoms with E-state index in [2.05, 4.69) is 0 Å². The van der Waals surface area contributed by atoms with Gasteiger partial charge in [0.15, 0.2) is 0 Å². The lowest BCUT2D eigenvalue weighted by Gasteiger charge is -0.945. The van der Waals surface area contributed by atoms with E-state index in [1.165, 1.54) is 0 Å². The quantitative estimate of drug-likeness (QED) is 0.392. The maximum atomic E-state index is 8.12. The minimum atomic E-state index is 0. The van der Waals surface area contributed by atoms with Crippen LogP contribution in [0.15, 0.2) is 0 Å². The number of rotatable bonds is 0. The molecule has 2 N–H and O–H groups in total. The molecule has 0 unspecified atom stereocenters. The third-order valence-corrected chi connectivity index (χ3v) is 0.